The quantitative estimate of drug-likeness (QED) is 0.365. The van der Waals surface area contributed by atoms with Crippen LogP contribution in [0.2, 0.25) is 0 Å². The van der Waals surface area contributed by atoms with E-state index in [4.69, 9.17) is 15.5 Å². The Hall–Kier alpha value is -3.10. The molecule has 7 nitrogen and oxygen atoms in total. The van der Waals surface area contributed by atoms with Crippen LogP contribution in [0.3, 0.4) is 0 Å². The van der Waals surface area contributed by atoms with Gasteiger partial charge in [-0.05, 0) is 68.6 Å². The maximum atomic E-state index is 13.1. The summed E-state index contributed by atoms with van der Waals surface area (Å²) in [6, 6.07) is 21.0. The summed E-state index contributed by atoms with van der Waals surface area (Å²) in [5.74, 6) is 0.485. The van der Waals surface area contributed by atoms with Crippen molar-refractivity contribution < 1.29 is 14.6 Å². The molecule has 2 aliphatic carbocycles. The van der Waals surface area contributed by atoms with Gasteiger partial charge in [-0.1, -0.05) is 54.6 Å². The number of benzene rings is 2. The second-order valence-corrected chi connectivity index (χ2v) is 12.6. The van der Waals surface area contributed by atoms with E-state index in [-0.39, 0.29) is 5.91 Å². The molecule has 1 saturated heterocycles. The minimum atomic E-state index is -0.696. The fraction of sp³-hybridized carbons (Fsp3) is 0.471. The number of amides is 1. The summed E-state index contributed by atoms with van der Waals surface area (Å²) in [4.78, 5) is 20.5. The number of aliphatic hydroxyl groups is 1. The number of anilines is 1. The molecule has 3 fully saturated rings. The van der Waals surface area contributed by atoms with Crippen molar-refractivity contribution in [3.05, 3.63) is 72.4 Å². The minimum Gasteiger partial charge on any atom is -0.390 e. The van der Waals surface area contributed by atoms with Crippen molar-refractivity contribution in [2.45, 2.75) is 69.1 Å². The van der Waals surface area contributed by atoms with E-state index in [0.29, 0.717) is 36.9 Å². The Morgan fingerprint density at radius 3 is 2.37 bits per heavy atom. The number of carbonyl (C=O) groups is 1. The molecular formula is C34H42N4O3. The molecule has 0 bridgehead atoms. The van der Waals surface area contributed by atoms with Crippen LogP contribution in [-0.2, 0) is 15.1 Å². The topological polar surface area (TPSA) is 101 Å². The number of hydrogen-bond donors (Lipinski definition) is 3. The first-order valence-electron chi connectivity index (χ1n) is 15.1. The van der Waals surface area contributed by atoms with Crippen molar-refractivity contribution in [2.24, 2.45) is 11.7 Å². The summed E-state index contributed by atoms with van der Waals surface area (Å²) in [5.41, 5.74) is 11.0. The Kier molecular flexibility index (Phi) is 7.97. The first-order valence-corrected chi connectivity index (χ1v) is 15.1. The largest absolute Gasteiger partial charge is 0.390 e. The molecule has 7 heteroatoms. The second-order valence-electron chi connectivity index (χ2n) is 12.6. The van der Waals surface area contributed by atoms with Gasteiger partial charge in [0.1, 0.15) is 0 Å². The van der Waals surface area contributed by atoms with E-state index >= 15 is 0 Å². The van der Waals surface area contributed by atoms with E-state index < -0.39 is 11.1 Å². The maximum absolute atomic E-state index is 13.1. The zero-order valence-electron chi connectivity index (χ0n) is 24.0. The van der Waals surface area contributed by atoms with Gasteiger partial charge in [-0.25, -0.2) is 0 Å². The van der Waals surface area contributed by atoms with Gasteiger partial charge in [0.05, 0.1) is 36.4 Å². The molecule has 1 amide bonds. The lowest BCUT2D eigenvalue weighted by Crippen LogP contribution is -2.58. The number of aromatic nitrogens is 1. The fourth-order valence-corrected chi connectivity index (χ4v) is 7.20. The molecule has 2 saturated carbocycles. The first kappa shape index (κ1) is 28.0. The van der Waals surface area contributed by atoms with Gasteiger partial charge in [0.2, 0.25) is 5.91 Å². The molecule has 0 unspecified atom stereocenters. The lowest BCUT2D eigenvalue weighted by molar-refractivity contribution is -0.117. The zero-order chi connectivity index (χ0) is 28.5. The molecule has 41 heavy (non-hydrogen) atoms. The van der Waals surface area contributed by atoms with Crippen LogP contribution in [0.4, 0.5) is 5.69 Å². The van der Waals surface area contributed by atoms with Gasteiger partial charge in [-0.2, -0.15) is 0 Å². The molecule has 2 aromatic carbocycles. The summed E-state index contributed by atoms with van der Waals surface area (Å²) in [5, 5.41) is 13.4. The van der Waals surface area contributed by atoms with Crippen LogP contribution in [0, 0.1) is 5.92 Å². The van der Waals surface area contributed by atoms with Gasteiger partial charge in [-0.3, -0.25) is 14.7 Å². The molecular weight excluding hydrogens is 512 g/mol. The van der Waals surface area contributed by atoms with E-state index in [0.717, 1.165) is 79.9 Å². The lowest BCUT2D eigenvalue weighted by atomic mass is 9.63. The fourth-order valence-electron chi connectivity index (χ4n) is 7.20. The van der Waals surface area contributed by atoms with Crippen LogP contribution in [-0.4, -0.2) is 58.8 Å². The van der Waals surface area contributed by atoms with E-state index in [2.05, 4.69) is 34.5 Å². The number of morpholine rings is 1. The van der Waals surface area contributed by atoms with E-state index in [9.17, 15) is 9.90 Å². The summed E-state index contributed by atoms with van der Waals surface area (Å²) in [6.07, 6.45) is 7.93. The van der Waals surface area contributed by atoms with Gasteiger partial charge in [0, 0.05) is 42.2 Å². The molecule has 4 N–H and O–H groups in total. The highest BCUT2D eigenvalue weighted by atomic mass is 16.5. The average molecular weight is 555 g/mol. The second kappa shape index (κ2) is 11.6. The molecule has 2 heterocycles. The summed E-state index contributed by atoms with van der Waals surface area (Å²) >= 11 is 0. The summed E-state index contributed by atoms with van der Waals surface area (Å²) in [6.45, 7) is 5.57. The molecule has 6 rings (SSSR count). The minimum absolute atomic E-state index is 0.0577. The highest BCUT2D eigenvalue weighted by Gasteiger charge is 2.49. The Morgan fingerprint density at radius 1 is 1.02 bits per heavy atom. The average Bonchev–Trinajstić information content (AvgIpc) is 2.97. The van der Waals surface area contributed by atoms with Crippen molar-refractivity contribution in [1.82, 2.24) is 9.88 Å². The molecule has 0 radical (unpaired) electrons. The first-order chi connectivity index (χ1) is 19.8. The molecule has 3 aromatic rings. The number of ether oxygens (including phenoxy) is 1. The van der Waals surface area contributed by atoms with Gasteiger partial charge >= 0.3 is 0 Å². The van der Waals surface area contributed by atoms with Gasteiger partial charge in [0.15, 0.2) is 0 Å². The third kappa shape index (κ3) is 6.38. The molecule has 0 atom stereocenters. The van der Waals surface area contributed by atoms with Crippen LogP contribution in [0.25, 0.3) is 22.4 Å². The van der Waals surface area contributed by atoms with Crippen molar-refractivity contribution in [3.8, 4) is 22.4 Å². The number of nitrogens with two attached hydrogens (primary N) is 1. The van der Waals surface area contributed by atoms with Crippen molar-refractivity contribution in [3.63, 3.8) is 0 Å². The molecule has 1 aromatic heterocycles. The summed E-state index contributed by atoms with van der Waals surface area (Å²) in [7, 11) is 0. The SMILES string of the molecule is C[C@]1(O)C[C@@](N)(c2ccc(-c3ncc(NC(=O)CC4CCC(N5CCOCC5)CC4)cc3-c3ccccc3)cc2)C1. The van der Waals surface area contributed by atoms with Gasteiger partial charge in [-0.15, -0.1) is 0 Å². The third-order valence-corrected chi connectivity index (χ3v) is 9.23. The van der Waals surface area contributed by atoms with Crippen LogP contribution in [0.5, 0.6) is 0 Å². The lowest BCUT2D eigenvalue weighted by Gasteiger charge is -2.49. The van der Waals surface area contributed by atoms with Crippen LogP contribution in [0.15, 0.2) is 66.9 Å². The van der Waals surface area contributed by atoms with E-state index in [1.165, 1.54) is 0 Å². The Labute approximate surface area is 243 Å². The number of carbonyl (C=O) groups excluding carboxylic acids is 1. The number of hydrogen-bond acceptors (Lipinski definition) is 6. The molecule has 216 valence electrons. The molecule has 3 aliphatic rings. The van der Waals surface area contributed by atoms with Crippen LogP contribution < -0.4 is 11.1 Å². The number of rotatable bonds is 7. The normalized spacial score (nSPS) is 28.6. The zero-order valence-corrected chi connectivity index (χ0v) is 24.0. The van der Waals surface area contributed by atoms with E-state index in [1.54, 1.807) is 6.20 Å². The Balaban J connectivity index is 1.14. The maximum Gasteiger partial charge on any atom is 0.224 e. The molecule has 0 spiro atoms. The third-order valence-electron chi connectivity index (χ3n) is 9.23. The van der Waals surface area contributed by atoms with Gasteiger partial charge < -0.3 is 20.9 Å². The highest BCUT2D eigenvalue weighted by Crippen LogP contribution is 2.46. The number of nitrogens with zero attached hydrogens (tertiary/aromatic N) is 2. The van der Waals surface area contributed by atoms with Crippen molar-refractivity contribution in [2.75, 3.05) is 31.6 Å². The van der Waals surface area contributed by atoms with Crippen molar-refractivity contribution >= 4 is 11.6 Å². The number of nitrogens with one attached hydrogen (secondary N) is 1. The predicted molar refractivity (Wildman–Crippen MR) is 162 cm³/mol. The Bertz CT molecular complexity index is 1340. The highest BCUT2D eigenvalue weighted by molar-refractivity contribution is 5.93. The summed E-state index contributed by atoms with van der Waals surface area (Å²) < 4.78 is 5.51. The number of pyridine rings is 1. The Morgan fingerprint density at radius 2 is 1.71 bits per heavy atom. The van der Waals surface area contributed by atoms with Gasteiger partial charge in [0.25, 0.3) is 0 Å². The standard InChI is InChI=1S/C34H42N4O3/c1-33(40)22-34(35,23-33)27-11-9-26(10-12-27)32-30(25-5-3-2-4-6-25)20-28(21-36-32)37-31(39)19-24-7-13-29(14-8-24)38-15-17-41-18-16-38/h2-6,9-12,20-21,24,29,40H,7-8,13-19,22-23,35H2,1H3,(H,37,39)/t24?,29?,33-,34-. The smallest absolute Gasteiger partial charge is 0.224 e. The van der Waals surface area contributed by atoms with Crippen molar-refractivity contribution in [1.29, 1.82) is 0 Å². The van der Waals surface area contributed by atoms with E-state index in [1.807, 2.05) is 43.3 Å². The molecule has 1 aliphatic heterocycles. The van der Waals surface area contributed by atoms with Crippen LogP contribution >= 0.6 is 0 Å². The van der Waals surface area contributed by atoms with Crippen LogP contribution in [0.1, 0.15) is 57.4 Å². The predicted octanol–water partition coefficient (Wildman–Crippen LogP) is 5.33. The monoisotopic (exact) mass is 554 g/mol.